The van der Waals surface area contributed by atoms with Gasteiger partial charge < -0.3 is 9.80 Å². The molecule has 2 heterocycles. The van der Waals surface area contributed by atoms with Gasteiger partial charge in [-0.3, -0.25) is 4.90 Å². The van der Waals surface area contributed by atoms with E-state index in [1.54, 1.807) is 0 Å². The van der Waals surface area contributed by atoms with Crippen molar-refractivity contribution in [3.05, 3.63) is 46.6 Å². The quantitative estimate of drug-likeness (QED) is 0.764. The van der Waals surface area contributed by atoms with Gasteiger partial charge in [0, 0.05) is 50.9 Å². The molecule has 1 aliphatic heterocycles. The number of hydrogen-bond donors (Lipinski definition) is 0. The average molecular weight is 404 g/mol. The summed E-state index contributed by atoms with van der Waals surface area (Å²) in [5.41, 5.74) is 1.35. The predicted octanol–water partition coefficient (Wildman–Crippen LogP) is 3.41. The third-order valence-corrected chi connectivity index (χ3v) is 5.22. The highest BCUT2D eigenvalue weighted by molar-refractivity contribution is 9.10. The molecule has 5 nitrogen and oxygen atoms in total. The Morgan fingerprint density at radius 1 is 1.24 bits per heavy atom. The summed E-state index contributed by atoms with van der Waals surface area (Å²) in [5.74, 6) is 1.75. The molecule has 1 fully saturated rings. The normalized spacial score (nSPS) is 18.2. The minimum atomic E-state index is 0.443. The second kappa shape index (κ2) is 8.15. The number of benzene rings is 1. The van der Waals surface area contributed by atoms with E-state index in [9.17, 15) is 0 Å². The van der Waals surface area contributed by atoms with Crippen molar-refractivity contribution in [1.82, 2.24) is 14.9 Å². The molecule has 6 heteroatoms. The summed E-state index contributed by atoms with van der Waals surface area (Å²) in [7, 11) is 6.13. The van der Waals surface area contributed by atoms with E-state index in [1.807, 2.05) is 31.3 Å². The van der Waals surface area contributed by atoms with Crippen molar-refractivity contribution in [1.29, 1.82) is 0 Å². The van der Waals surface area contributed by atoms with Gasteiger partial charge in [-0.25, -0.2) is 4.98 Å². The number of piperidine rings is 1. The molecule has 2 aromatic rings. The van der Waals surface area contributed by atoms with Crippen LogP contribution in [0.5, 0.6) is 0 Å². The zero-order chi connectivity index (χ0) is 17.8. The summed E-state index contributed by atoms with van der Waals surface area (Å²) in [4.78, 5) is 15.9. The van der Waals surface area contributed by atoms with Gasteiger partial charge in [0.2, 0.25) is 5.95 Å². The van der Waals surface area contributed by atoms with Gasteiger partial charge in [0.1, 0.15) is 5.82 Å². The van der Waals surface area contributed by atoms with Crippen molar-refractivity contribution in [2.75, 3.05) is 44.0 Å². The van der Waals surface area contributed by atoms with Gasteiger partial charge in [-0.15, -0.1) is 0 Å². The van der Waals surface area contributed by atoms with Gasteiger partial charge in [0.25, 0.3) is 0 Å². The molecule has 1 aromatic heterocycles. The van der Waals surface area contributed by atoms with Crippen molar-refractivity contribution in [2.45, 2.75) is 25.4 Å². The molecule has 0 bridgehead atoms. The van der Waals surface area contributed by atoms with Crippen molar-refractivity contribution >= 4 is 27.7 Å². The number of rotatable bonds is 5. The number of nitrogens with zero attached hydrogens (tertiary/aromatic N) is 5. The van der Waals surface area contributed by atoms with Gasteiger partial charge in [0.15, 0.2) is 0 Å². The van der Waals surface area contributed by atoms with Crippen LogP contribution >= 0.6 is 15.9 Å². The number of likely N-dealkylation sites (tertiary alicyclic amines) is 1. The molecule has 0 spiro atoms. The molecule has 0 N–H and O–H groups in total. The molecule has 1 atom stereocenters. The van der Waals surface area contributed by atoms with Crippen LogP contribution in [-0.4, -0.2) is 55.1 Å². The third-order valence-electron chi connectivity index (χ3n) is 4.73. The third kappa shape index (κ3) is 4.70. The number of likely N-dealkylation sites (N-methyl/N-ethyl adjacent to an activating group) is 1. The lowest BCUT2D eigenvalue weighted by Gasteiger charge is -2.37. The zero-order valence-electron chi connectivity index (χ0n) is 15.2. The van der Waals surface area contributed by atoms with E-state index in [2.05, 4.69) is 67.0 Å². The van der Waals surface area contributed by atoms with Crippen molar-refractivity contribution in [3.63, 3.8) is 0 Å². The fourth-order valence-corrected chi connectivity index (χ4v) is 3.75. The summed E-state index contributed by atoms with van der Waals surface area (Å²) >= 11 is 3.56. The summed E-state index contributed by atoms with van der Waals surface area (Å²) in [5, 5.41) is 0. The fraction of sp³-hybridized carbons (Fsp3) is 0.474. The van der Waals surface area contributed by atoms with Crippen LogP contribution in [0.25, 0.3) is 0 Å². The van der Waals surface area contributed by atoms with E-state index in [1.165, 1.54) is 18.4 Å². The summed E-state index contributed by atoms with van der Waals surface area (Å²) in [6.45, 7) is 3.18. The Hall–Kier alpha value is -1.66. The van der Waals surface area contributed by atoms with Crippen LogP contribution in [0.3, 0.4) is 0 Å². The number of halogens is 1. The first-order valence-electron chi connectivity index (χ1n) is 8.73. The minimum absolute atomic E-state index is 0.443. The molecular formula is C19H26BrN5. The lowest BCUT2D eigenvalue weighted by molar-refractivity contribution is 0.198. The molecule has 0 radical (unpaired) electrons. The second-order valence-corrected chi connectivity index (χ2v) is 7.80. The molecule has 1 aromatic carbocycles. The number of hydrogen-bond acceptors (Lipinski definition) is 5. The summed E-state index contributed by atoms with van der Waals surface area (Å²) in [6, 6.07) is 11.0. The molecule has 25 heavy (non-hydrogen) atoms. The Bertz CT molecular complexity index is 706. The first kappa shape index (κ1) is 18.1. The molecule has 0 saturated carbocycles. The second-order valence-electron chi connectivity index (χ2n) is 6.88. The Labute approximate surface area is 158 Å². The SMILES string of the molecule is CN(C)c1ccnc(N(C)C2CCCN(Cc3cccc(Br)c3)C2)n1. The van der Waals surface area contributed by atoms with Crippen LogP contribution in [0.2, 0.25) is 0 Å². The smallest absolute Gasteiger partial charge is 0.227 e. The Morgan fingerprint density at radius 3 is 2.84 bits per heavy atom. The maximum atomic E-state index is 4.68. The zero-order valence-corrected chi connectivity index (χ0v) is 16.8. The van der Waals surface area contributed by atoms with E-state index in [-0.39, 0.29) is 0 Å². The van der Waals surface area contributed by atoms with Gasteiger partial charge in [-0.1, -0.05) is 28.1 Å². The highest BCUT2D eigenvalue weighted by Crippen LogP contribution is 2.22. The van der Waals surface area contributed by atoms with Gasteiger partial charge in [-0.2, -0.15) is 4.98 Å². The molecular weight excluding hydrogens is 378 g/mol. The van der Waals surface area contributed by atoms with Crippen LogP contribution in [0.1, 0.15) is 18.4 Å². The lowest BCUT2D eigenvalue weighted by atomic mass is 10.0. The van der Waals surface area contributed by atoms with Gasteiger partial charge >= 0.3 is 0 Å². The number of aromatic nitrogens is 2. The van der Waals surface area contributed by atoms with E-state index in [0.29, 0.717) is 6.04 Å². The lowest BCUT2D eigenvalue weighted by Crippen LogP contribution is -2.46. The predicted molar refractivity (Wildman–Crippen MR) is 107 cm³/mol. The molecule has 0 amide bonds. The molecule has 3 rings (SSSR count). The van der Waals surface area contributed by atoms with Crippen LogP contribution in [-0.2, 0) is 6.54 Å². The fourth-order valence-electron chi connectivity index (χ4n) is 3.31. The van der Waals surface area contributed by atoms with Crippen LogP contribution in [0.15, 0.2) is 41.0 Å². The van der Waals surface area contributed by atoms with E-state index in [4.69, 9.17) is 0 Å². The van der Waals surface area contributed by atoms with E-state index in [0.717, 1.165) is 35.9 Å². The summed E-state index contributed by atoms with van der Waals surface area (Å²) < 4.78 is 1.14. The minimum Gasteiger partial charge on any atom is -0.363 e. The molecule has 1 aliphatic rings. The Morgan fingerprint density at radius 2 is 2.08 bits per heavy atom. The Kier molecular flexibility index (Phi) is 5.91. The first-order chi connectivity index (χ1) is 12.0. The largest absolute Gasteiger partial charge is 0.363 e. The van der Waals surface area contributed by atoms with E-state index >= 15 is 0 Å². The molecule has 1 unspecified atom stereocenters. The van der Waals surface area contributed by atoms with E-state index < -0.39 is 0 Å². The maximum absolute atomic E-state index is 4.68. The summed E-state index contributed by atoms with van der Waals surface area (Å²) in [6.07, 6.45) is 4.23. The van der Waals surface area contributed by atoms with Gasteiger partial charge in [0.05, 0.1) is 0 Å². The topological polar surface area (TPSA) is 35.5 Å². The molecule has 0 aliphatic carbocycles. The Balaban J connectivity index is 1.67. The first-order valence-corrected chi connectivity index (χ1v) is 9.52. The monoisotopic (exact) mass is 403 g/mol. The van der Waals surface area contributed by atoms with Gasteiger partial charge in [-0.05, 0) is 43.1 Å². The highest BCUT2D eigenvalue weighted by Gasteiger charge is 2.25. The molecule has 1 saturated heterocycles. The standard InChI is InChI=1S/C19H26BrN5/c1-23(2)18-9-10-21-19(22-18)24(3)17-8-5-11-25(14-17)13-15-6-4-7-16(20)12-15/h4,6-7,9-10,12,17H,5,8,11,13-14H2,1-3H3. The van der Waals surface area contributed by atoms with Crippen LogP contribution < -0.4 is 9.80 Å². The maximum Gasteiger partial charge on any atom is 0.227 e. The van der Waals surface area contributed by atoms with Crippen molar-refractivity contribution in [3.8, 4) is 0 Å². The highest BCUT2D eigenvalue weighted by atomic mass is 79.9. The van der Waals surface area contributed by atoms with Crippen LogP contribution in [0, 0.1) is 0 Å². The van der Waals surface area contributed by atoms with Crippen molar-refractivity contribution < 1.29 is 0 Å². The molecule has 134 valence electrons. The number of anilines is 2. The van der Waals surface area contributed by atoms with Crippen LogP contribution in [0.4, 0.5) is 11.8 Å². The average Bonchev–Trinajstić information content (AvgIpc) is 2.61. The van der Waals surface area contributed by atoms with Crippen molar-refractivity contribution in [2.24, 2.45) is 0 Å².